The zero-order chi connectivity index (χ0) is 23.2. The average molecular weight is 466 g/mol. The van der Waals surface area contributed by atoms with Crippen LogP contribution in [0.3, 0.4) is 0 Å². The standard InChI is InChI=1S/C25H24ClN3O4/c1-32-20-10-12-21(13-11-20)33-24-22(5-2-14-27-24)28-23(30)18-4-3-15-29(16-18)25(31)17-6-8-19(26)9-7-17/h2,5-14,18H,3-4,15-16H2,1H3,(H,28,30). The van der Waals surface area contributed by atoms with Gasteiger partial charge in [0, 0.05) is 29.9 Å². The molecule has 1 saturated heterocycles. The van der Waals surface area contributed by atoms with Gasteiger partial charge in [-0.25, -0.2) is 4.98 Å². The first-order valence-electron chi connectivity index (χ1n) is 10.7. The largest absolute Gasteiger partial charge is 0.497 e. The number of hydrogen-bond donors (Lipinski definition) is 1. The van der Waals surface area contributed by atoms with Gasteiger partial charge in [-0.3, -0.25) is 9.59 Å². The number of nitrogens with zero attached hydrogens (tertiary/aromatic N) is 2. The maximum Gasteiger partial charge on any atom is 0.253 e. The number of likely N-dealkylation sites (tertiary alicyclic amines) is 1. The number of anilines is 1. The summed E-state index contributed by atoms with van der Waals surface area (Å²) >= 11 is 5.92. The lowest BCUT2D eigenvalue weighted by Gasteiger charge is -2.32. The van der Waals surface area contributed by atoms with Crippen LogP contribution in [0, 0.1) is 5.92 Å². The van der Waals surface area contributed by atoms with Gasteiger partial charge >= 0.3 is 0 Å². The number of rotatable bonds is 6. The topological polar surface area (TPSA) is 80.8 Å². The van der Waals surface area contributed by atoms with Crippen molar-refractivity contribution < 1.29 is 19.1 Å². The third-order valence-corrected chi connectivity index (χ3v) is 5.73. The maximum atomic E-state index is 13.0. The molecule has 1 unspecified atom stereocenters. The van der Waals surface area contributed by atoms with Crippen molar-refractivity contribution in [3.05, 3.63) is 77.4 Å². The monoisotopic (exact) mass is 465 g/mol. The Balaban J connectivity index is 1.42. The van der Waals surface area contributed by atoms with Crippen LogP contribution in [0.25, 0.3) is 0 Å². The maximum absolute atomic E-state index is 13.0. The summed E-state index contributed by atoms with van der Waals surface area (Å²) in [5.74, 6) is 0.976. The van der Waals surface area contributed by atoms with Gasteiger partial charge in [0.25, 0.3) is 5.91 Å². The third-order valence-electron chi connectivity index (χ3n) is 5.47. The van der Waals surface area contributed by atoms with Crippen molar-refractivity contribution in [2.75, 3.05) is 25.5 Å². The number of carbonyl (C=O) groups is 2. The minimum atomic E-state index is -0.330. The van der Waals surface area contributed by atoms with Crippen LogP contribution < -0.4 is 14.8 Å². The van der Waals surface area contributed by atoms with Crippen molar-refractivity contribution in [3.63, 3.8) is 0 Å². The summed E-state index contributed by atoms with van der Waals surface area (Å²) < 4.78 is 11.0. The molecule has 7 nitrogen and oxygen atoms in total. The summed E-state index contributed by atoms with van der Waals surface area (Å²) in [6.45, 7) is 0.964. The summed E-state index contributed by atoms with van der Waals surface area (Å²) in [5, 5.41) is 3.50. The first kappa shape index (κ1) is 22.6. The number of ether oxygens (including phenoxy) is 2. The van der Waals surface area contributed by atoms with E-state index >= 15 is 0 Å². The van der Waals surface area contributed by atoms with Crippen LogP contribution in [0.15, 0.2) is 66.9 Å². The van der Waals surface area contributed by atoms with Crippen molar-refractivity contribution >= 4 is 29.1 Å². The first-order valence-corrected chi connectivity index (χ1v) is 11.0. The highest BCUT2D eigenvalue weighted by Crippen LogP contribution is 2.29. The molecule has 1 aromatic heterocycles. The zero-order valence-corrected chi connectivity index (χ0v) is 18.9. The number of aromatic nitrogens is 1. The van der Waals surface area contributed by atoms with E-state index in [-0.39, 0.29) is 17.7 Å². The molecule has 2 amide bonds. The van der Waals surface area contributed by atoms with Gasteiger partial charge in [-0.15, -0.1) is 0 Å². The molecule has 0 bridgehead atoms. The van der Waals surface area contributed by atoms with Gasteiger partial charge in [-0.05, 0) is 73.5 Å². The Labute approximate surface area is 197 Å². The van der Waals surface area contributed by atoms with Crippen molar-refractivity contribution in [1.29, 1.82) is 0 Å². The summed E-state index contributed by atoms with van der Waals surface area (Å²) in [5.41, 5.74) is 1.03. The van der Waals surface area contributed by atoms with E-state index in [1.54, 1.807) is 78.9 Å². The van der Waals surface area contributed by atoms with Crippen molar-refractivity contribution in [2.24, 2.45) is 5.92 Å². The van der Waals surface area contributed by atoms with Gasteiger partial charge in [0.05, 0.1) is 13.0 Å². The number of amides is 2. The van der Waals surface area contributed by atoms with Gasteiger partial charge in [0.1, 0.15) is 17.2 Å². The zero-order valence-electron chi connectivity index (χ0n) is 18.2. The molecule has 33 heavy (non-hydrogen) atoms. The van der Waals surface area contributed by atoms with Crippen LogP contribution >= 0.6 is 11.6 Å². The molecule has 1 atom stereocenters. The lowest BCUT2D eigenvalue weighted by atomic mass is 9.96. The lowest BCUT2D eigenvalue weighted by molar-refractivity contribution is -0.121. The summed E-state index contributed by atoms with van der Waals surface area (Å²) in [6, 6.07) is 17.3. The molecule has 4 rings (SSSR count). The third kappa shape index (κ3) is 5.62. The van der Waals surface area contributed by atoms with E-state index in [2.05, 4.69) is 10.3 Å². The molecule has 170 valence electrons. The second-order valence-electron chi connectivity index (χ2n) is 7.72. The van der Waals surface area contributed by atoms with Crippen molar-refractivity contribution in [3.8, 4) is 17.4 Å². The van der Waals surface area contributed by atoms with Crippen molar-refractivity contribution in [1.82, 2.24) is 9.88 Å². The van der Waals surface area contributed by atoms with Gasteiger partial charge in [-0.1, -0.05) is 11.6 Å². The Morgan fingerprint density at radius 1 is 1.06 bits per heavy atom. The van der Waals surface area contributed by atoms with E-state index in [0.29, 0.717) is 53.2 Å². The normalized spacial score (nSPS) is 15.6. The number of pyridine rings is 1. The molecule has 1 aliphatic rings. The molecule has 0 radical (unpaired) electrons. The van der Waals surface area contributed by atoms with Gasteiger partial charge in [0.15, 0.2) is 0 Å². The van der Waals surface area contributed by atoms with E-state index < -0.39 is 0 Å². The number of halogens is 1. The second-order valence-corrected chi connectivity index (χ2v) is 8.16. The number of nitrogens with one attached hydrogen (secondary N) is 1. The van der Waals surface area contributed by atoms with E-state index in [4.69, 9.17) is 21.1 Å². The highest BCUT2D eigenvalue weighted by atomic mass is 35.5. The molecule has 2 aromatic carbocycles. The molecule has 0 aliphatic carbocycles. The number of benzene rings is 2. The van der Waals surface area contributed by atoms with Crippen LogP contribution in [0.5, 0.6) is 17.4 Å². The second kappa shape index (κ2) is 10.4. The van der Waals surface area contributed by atoms with Crippen LogP contribution in [-0.4, -0.2) is 41.9 Å². The Morgan fingerprint density at radius 3 is 2.52 bits per heavy atom. The average Bonchev–Trinajstić information content (AvgIpc) is 2.86. The Hall–Kier alpha value is -3.58. The highest BCUT2D eigenvalue weighted by molar-refractivity contribution is 6.30. The summed E-state index contributed by atoms with van der Waals surface area (Å²) in [7, 11) is 1.59. The number of piperidine rings is 1. The SMILES string of the molecule is COc1ccc(Oc2ncccc2NC(=O)C2CCCN(C(=O)c3ccc(Cl)cc3)C2)cc1. The molecule has 1 fully saturated rings. The lowest BCUT2D eigenvalue weighted by Crippen LogP contribution is -2.43. The van der Waals surface area contributed by atoms with Crippen LogP contribution in [-0.2, 0) is 4.79 Å². The summed E-state index contributed by atoms with van der Waals surface area (Å²) in [6.07, 6.45) is 3.05. The van der Waals surface area contributed by atoms with Gasteiger partial charge < -0.3 is 19.7 Å². The van der Waals surface area contributed by atoms with Crippen molar-refractivity contribution in [2.45, 2.75) is 12.8 Å². The molecular weight excluding hydrogens is 442 g/mol. The van der Waals surface area contributed by atoms with Gasteiger partial charge in [-0.2, -0.15) is 0 Å². The fourth-order valence-corrected chi connectivity index (χ4v) is 3.83. The number of methoxy groups -OCH3 is 1. The fourth-order valence-electron chi connectivity index (χ4n) is 3.71. The predicted octanol–water partition coefficient (Wildman–Crippen LogP) is 5.03. The van der Waals surface area contributed by atoms with E-state index in [1.807, 2.05) is 0 Å². The Morgan fingerprint density at radius 2 is 1.79 bits per heavy atom. The minimum absolute atomic E-state index is 0.103. The Bertz CT molecular complexity index is 1120. The molecular formula is C25H24ClN3O4. The first-order chi connectivity index (χ1) is 16.0. The molecule has 0 spiro atoms. The molecule has 1 N–H and O–H groups in total. The van der Waals surface area contributed by atoms with Crippen LogP contribution in [0.4, 0.5) is 5.69 Å². The van der Waals surface area contributed by atoms with Gasteiger partial charge in [0.2, 0.25) is 11.8 Å². The smallest absolute Gasteiger partial charge is 0.253 e. The predicted molar refractivity (Wildman–Crippen MR) is 126 cm³/mol. The Kier molecular flexibility index (Phi) is 7.10. The van der Waals surface area contributed by atoms with E-state index in [1.165, 1.54) is 0 Å². The molecule has 1 aliphatic heterocycles. The number of carbonyl (C=O) groups excluding carboxylic acids is 2. The van der Waals surface area contributed by atoms with E-state index in [0.717, 1.165) is 6.42 Å². The summed E-state index contributed by atoms with van der Waals surface area (Å²) in [4.78, 5) is 31.9. The van der Waals surface area contributed by atoms with Crippen LogP contribution in [0.1, 0.15) is 23.2 Å². The van der Waals surface area contributed by atoms with Crippen LogP contribution in [0.2, 0.25) is 5.02 Å². The van der Waals surface area contributed by atoms with E-state index in [9.17, 15) is 9.59 Å². The molecule has 8 heteroatoms. The number of hydrogen-bond acceptors (Lipinski definition) is 5. The quantitative estimate of drug-likeness (QED) is 0.552. The molecule has 3 aromatic rings. The molecule has 2 heterocycles. The minimum Gasteiger partial charge on any atom is -0.497 e. The fraction of sp³-hybridized carbons (Fsp3) is 0.240. The molecule has 0 saturated carbocycles. The highest BCUT2D eigenvalue weighted by Gasteiger charge is 2.29.